The Bertz CT molecular complexity index is 1020. The van der Waals surface area contributed by atoms with Crippen LogP contribution in [0.3, 0.4) is 0 Å². The zero-order valence-electron chi connectivity index (χ0n) is 16.2. The van der Waals surface area contributed by atoms with Gasteiger partial charge in [0.15, 0.2) is 6.54 Å². The van der Waals surface area contributed by atoms with Gasteiger partial charge in [0.1, 0.15) is 5.82 Å². The van der Waals surface area contributed by atoms with Crippen LogP contribution in [0.4, 0.5) is 10.1 Å². The van der Waals surface area contributed by atoms with Crippen LogP contribution in [0, 0.1) is 5.82 Å². The van der Waals surface area contributed by atoms with E-state index in [0.717, 1.165) is 29.7 Å². The van der Waals surface area contributed by atoms with Gasteiger partial charge < -0.3 is 10.2 Å². The van der Waals surface area contributed by atoms with E-state index in [0.29, 0.717) is 36.8 Å². The van der Waals surface area contributed by atoms with Crippen LogP contribution in [0.2, 0.25) is 0 Å². The minimum atomic E-state index is -3.51. The lowest BCUT2D eigenvalue weighted by Gasteiger charge is -2.31. The molecule has 2 aliphatic rings. The van der Waals surface area contributed by atoms with Crippen molar-refractivity contribution in [2.75, 3.05) is 38.0 Å². The van der Waals surface area contributed by atoms with Crippen molar-refractivity contribution in [3.63, 3.8) is 0 Å². The van der Waals surface area contributed by atoms with Gasteiger partial charge in [-0.2, -0.15) is 4.31 Å². The Morgan fingerprint density at radius 3 is 2.59 bits per heavy atom. The Balaban J connectivity index is 1.33. The summed E-state index contributed by atoms with van der Waals surface area (Å²) >= 11 is 0. The fourth-order valence-electron chi connectivity index (χ4n) is 4.08. The number of fused-ring (bicyclic) bond motifs is 1. The molecule has 2 N–H and O–H groups in total. The number of benzene rings is 2. The van der Waals surface area contributed by atoms with Crippen LogP contribution in [0.1, 0.15) is 17.5 Å². The molecular formula is C21H25FN3O3S+. The van der Waals surface area contributed by atoms with Gasteiger partial charge in [-0.15, -0.1) is 0 Å². The number of carbonyl (C=O) groups is 1. The van der Waals surface area contributed by atoms with E-state index in [9.17, 15) is 17.6 Å². The first kappa shape index (κ1) is 20.0. The van der Waals surface area contributed by atoms with Crippen molar-refractivity contribution >= 4 is 21.6 Å². The third-order valence-corrected chi connectivity index (χ3v) is 7.55. The number of piperazine rings is 1. The van der Waals surface area contributed by atoms with E-state index in [1.807, 2.05) is 12.1 Å². The summed E-state index contributed by atoms with van der Waals surface area (Å²) in [5, 5.41) is 2.69. The fraction of sp³-hybridized carbons (Fsp3) is 0.381. The normalized spacial score (nSPS) is 17.8. The maximum Gasteiger partial charge on any atom is 0.279 e. The summed E-state index contributed by atoms with van der Waals surface area (Å²) in [7, 11) is -3.51. The largest absolute Gasteiger partial charge is 0.325 e. The molecule has 1 fully saturated rings. The Hall–Kier alpha value is -2.29. The van der Waals surface area contributed by atoms with Crippen molar-refractivity contribution < 1.29 is 22.5 Å². The molecule has 6 nitrogen and oxygen atoms in total. The van der Waals surface area contributed by atoms with Gasteiger partial charge in [-0.05, 0) is 60.7 Å². The Morgan fingerprint density at radius 1 is 1.07 bits per heavy atom. The zero-order chi connectivity index (χ0) is 20.4. The fourth-order valence-corrected chi connectivity index (χ4v) is 5.57. The molecule has 2 aromatic rings. The first-order valence-electron chi connectivity index (χ1n) is 9.93. The molecule has 1 amide bonds. The van der Waals surface area contributed by atoms with E-state index in [-0.39, 0.29) is 12.5 Å². The molecule has 0 aromatic heterocycles. The number of carbonyl (C=O) groups excluding carboxylic acids is 1. The van der Waals surface area contributed by atoms with Gasteiger partial charge in [0.2, 0.25) is 10.0 Å². The molecule has 1 heterocycles. The molecular weight excluding hydrogens is 393 g/mol. The lowest BCUT2D eigenvalue weighted by Crippen LogP contribution is -3.15. The number of hydrogen-bond acceptors (Lipinski definition) is 3. The molecule has 1 aliphatic heterocycles. The van der Waals surface area contributed by atoms with Crippen molar-refractivity contribution in [2.24, 2.45) is 0 Å². The van der Waals surface area contributed by atoms with Crippen LogP contribution >= 0.6 is 0 Å². The lowest BCUT2D eigenvalue weighted by atomic mass is 10.1. The van der Waals surface area contributed by atoms with E-state index < -0.39 is 15.8 Å². The van der Waals surface area contributed by atoms with E-state index in [2.05, 4.69) is 5.32 Å². The first-order valence-corrected chi connectivity index (χ1v) is 11.4. The van der Waals surface area contributed by atoms with Crippen LogP contribution in [0.25, 0.3) is 0 Å². The number of sulfonamides is 1. The third kappa shape index (κ3) is 4.49. The predicted octanol–water partition coefficient (Wildman–Crippen LogP) is 0.842. The number of rotatable bonds is 5. The second-order valence-corrected chi connectivity index (χ2v) is 9.61. The first-order chi connectivity index (χ1) is 13.9. The van der Waals surface area contributed by atoms with Crippen LogP contribution in [-0.4, -0.2) is 51.4 Å². The van der Waals surface area contributed by atoms with Gasteiger partial charge in [-0.25, -0.2) is 12.8 Å². The van der Waals surface area contributed by atoms with Crippen molar-refractivity contribution in [2.45, 2.75) is 24.2 Å². The number of anilines is 1. The number of quaternary nitrogens is 1. The Labute approximate surface area is 170 Å². The molecule has 1 saturated heterocycles. The van der Waals surface area contributed by atoms with E-state index in [1.54, 1.807) is 18.2 Å². The molecule has 1 aliphatic carbocycles. The summed E-state index contributed by atoms with van der Waals surface area (Å²) in [5.41, 5.74) is 2.82. The van der Waals surface area contributed by atoms with Crippen LogP contribution < -0.4 is 10.2 Å². The summed E-state index contributed by atoms with van der Waals surface area (Å²) < 4.78 is 40.7. The van der Waals surface area contributed by atoms with Gasteiger partial charge in [-0.1, -0.05) is 12.1 Å². The number of nitrogens with one attached hydrogen (secondary N) is 2. The molecule has 154 valence electrons. The number of amides is 1. The maximum absolute atomic E-state index is 13.2. The second-order valence-electron chi connectivity index (χ2n) is 7.67. The standard InChI is InChI=1S/C21H24FN3O3S/c22-18-5-2-6-19(14-18)23-21(26)15-24-9-11-25(12-10-24)29(27,28)20-8-7-16-3-1-4-17(16)13-20/h2,5-8,13-14H,1,3-4,9-12,15H2,(H,23,26)/p+1. The smallest absolute Gasteiger partial charge is 0.279 e. The predicted molar refractivity (Wildman–Crippen MR) is 108 cm³/mol. The van der Waals surface area contributed by atoms with Gasteiger partial charge in [0.05, 0.1) is 31.1 Å². The zero-order valence-corrected chi connectivity index (χ0v) is 17.0. The molecule has 0 unspecified atom stereocenters. The highest BCUT2D eigenvalue weighted by Gasteiger charge is 2.31. The van der Waals surface area contributed by atoms with Crippen LogP contribution in [0.5, 0.6) is 0 Å². The van der Waals surface area contributed by atoms with Gasteiger partial charge >= 0.3 is 0 Å². The van der Waals surface area contributed by atoms with Crippen molar-refractivity contribution in [1.82, 2.24) is 4.31 Å². The second kappa shape index (κ2) is 8.22. The Morgan fingerprint density at radius 2 is 1.83 bits per heavy atom. The summed E-state index contributed by atoms with van der Waals surface area (Å²) in [6.07, 6.45) is 3.05. The molecule has 8 heteroatoms. The minimum absolute atomic E-state index is 0.208. The van der Waals surface area contributed by atoms with Gasteiger partial charge in [-0.3, -0.25) is 4.79 Å². The molecule has 4 rings (SSSR count). The molecule has 0 atom stereocenters. The lowest BCUT2D eigenvalue weighted by molar-refractivity contribution is -0.895. The monoisotopic (exact) mass is 418 g/mol. The summed E-state index contributed by atoms with van der Waals surface area (Å²) in [5.74, 6) is -0.610. The van der Waals surface area contributed by atoms with E-state index >= 15 is 0 Å². The van der Waals surface area contributed by atoms with E-state index in [4.69, 9.17) is 0 Å². The van der Waals surface area contributed by atoms with Gasteiger partial charge in [0.25, 0.3) is 5.91 Å². The number of halogens is 1. The summed E-state index contributed by atoms with van der Waals surface area (Å²) in [4.78, 5) is 13.6. The number of aryl methyl sites for hydroxylation is 2. The van der Waals surface area contributed by atoms with Crippen molar-refractivity contribution in [1.29, 1.82) is 0 Å². The quantitative estimate of drug-likeness (QED) is 0.756. The van der Waals surface area contributed by atoms with E-state index in [1.165, 1.54) is 22.0 Å². The molecule has 2 aromatic carbocycles. The Kier molecular flexibility index (Phi) is 5.67. The molecule has 0 saturated carbocycles. The highest BCUT2D eigenvalue weighted by Crippen LogP contribution is 2.26. The molecule has 29 heavy (non-hydrogen) atoms. The highest BCUT2D eigenvalue weighted by molar-refractivity contribution is 7.89. The van der Waals surface area contributed by atoms with Crippen LogP contribution in [-0.2, 0) is 27.7 Å². The summed E-state index contributed by atoms with van der Waals surface area (Å²) in [6, 6.07) is 11.2. The summed E-state index contributed by atoms with van der Waals surface area (Å²) in [6.45, 7) is 2.09. The molecule has 0 radical (unpaired) electrons. The maximum atomic E-state index is 13.2. The SMILES string of the molecule is O=C(C[NH+]1CCN(S(=O)(=O)c2ccc3c(c2)CCC3)CC1)Nc1cccc(F)c1. The van der Waals surface area contributed by atoms with Crippen molar-refractivity contribution in [3.8, 4) is 0 Å². The third-order valence-electron chi connectivity index (χ3n) is 5.66. The number of hydrogen-bond donors (Lipinski definition) is 2. The molecule has 0 spiro atoms. The minimum Gasteiger partial charge on any atom is -0.325 e. The van der Waals surface area contributed by atoms with Crippen LogP contribution in [0.15, 0.2) is 47.4 Å². The average molecular weight is 419 g/mol. The highest BCUT2D eigenvalue weighted by atomic mass is 32.2. The topological polar surface area (TPSA) is 70.9 Å². The molecule has 0 bridgehead atoms. The average Bonchev–Trinajstić information content (AvgIpc) is 3.16. The van der Waals surface area contributed by atoms with Crippen molar-refractivity contribution in [3.05, 3.63) is 59.4 Å². The number of nitrogens with zero attached hydrogens (tertiary/aromatic N) is 1. The van der Waals surface area contributed by atoms with Gasteiger partial charge in [0, 0.05) is 5.69 Å².